The van der Waals surface area contributed by atoms with E-state index >= 15 is 0 Å². The summed E-state index contributed by atoms with van der Waals surface area (Å²) in [6.07, 6.45) is 5.45. The SMILES string of the molecule is CC1CCC(N2CC(CF)C2)CC1. The van der Waals surface area contributed by atoms with Crippen LogP contribution in [0.15, 0.2) is 0 Å². The van der Waals surface area contributed by atoms with E-state index in [0.29, 0.717) is 5.92 Å². The smallest absolute Gasteiger partial charge is 0.0947 e. The molecule has 2 rings (SSSR count). The molecule has 2 heteroatoms. The Bertz CT molecular complexity index is 157. The Morgan fingerprint density at radius 3 is 2.31 bits per heavy atom. The summed E-state index contributed by atoms with van der Waals surface area (Å²) < 4.78 is 12.2. The molecule has 2 aliphatic rings. The Labute approximate surface area is 80.3 Å². The van der Waals surface area contributed by atoms with Crippen molar-refractivity contribution in [2.75, 3.05) is 19.8 Å². The van der Waals surface area contributed by atoms with Gasteiger partial charge in [0.15, 0.2) is 0 Å². The van der Waals surface area contributed by atoms with E-state index in [1.807, 2.05) is 0 Å². The van der Waals surface area contributed by atoms with E-state index in [4.69, 9.17) is 0 Å². The first-order valence-corrected chi connectivity index (χ1v) is 5.59. The van der Waals surface area contributed by atoms with Crippen LogP contribution >= 0.6 is 0 Å². The minimum atomic E-state index is -0.111. The number of nitrogens with zero attached hydrogens (tertiary/aromatic N) is 1. The Balaban J connectivity index is 1.71. The van der Waals surface area contributed by atoms with Gasteiger partial charge in [0.2, 0.25) is 0 Å². The lowest BCUT2D eigenvalue weighted by atomic mass is 9.84. The molecule has 1 aliphatic carbocycles. The van der Waals surface area contributed by atoms with E-state index in [1.54, 1.807) is 0 Å². The molecule has 0 amide bonds. The van der Waals surface area contributed by atoms with E-state index in [0.717, 1.165) is 25.0 Å². The first kappa shape index (κ1) is 9.45. The maximum atomic E-state index is 12.2. The Morgan fingerprint density at radius 1 is 1.15 bits per heavy atom. The van der Waals surface area contributed by atoms with Crippen LogP contribution < -0.4 is 0 Å². The van der Waals surface area contributed by atoms with Crippen LogP contribution in [0, 0.1) is 11.8 Å². The third kappa shape index (κ3) is 2.04. The molecule has 0 bridgehead atoms. The highest BCUT2D eigenvalue weighted by atomic mass is 19.1. The van der Waals surface area contributed by atoms with Crippen LogP contribution in [-0.4, -0.2) is 30.7 Å². The van der Waals surface area contributed by atoms with Crippen molar-refractivity contribution in [3.8, 4) is 0 Å². The highest BCUT2D eigenvalue weighted by molar-refractivity contribution is 4.87. The first-order valence-electron chi connectivity index (χ1n) is 5.59. The standard InChI is InChI=1S/C11H20FN/c1-9-2-4-11(5-3-9)13-7-10(6-12)8-13/h9-11H,2-8H2,1H3. The van der Waals surface area contributed by atoms with Crippen molar-refractivity contribution in [2.45, 2.75) is 38.6 Å². The molecule has 0 N–H and O–H groups in total. The van der Waals surface area contributed by atoms with Crippen molar-refractivity contribution in [1.82, 2.24) is 4.90 Å². The lowest BCUT2D eigenvalue weighted by molar-refractivity contribution is 0.0184. The third-order valence-electron chi connectivity index (χ3n) is 3.71. The van der Waals surface area contributed by atoms with Crippen molar-refractivity contribution in [3.63, 3.8) is 0 Å². The summed E-state index contributed by atoms with van der Waals surface area (Å²) in [6.45, 7) is 4.28. The minimum absolute atomic E-state index is 0.111. The fraction of sp³-hybridized carbons (Fsp3) is 1.00. The zero-order valence-electron chi connectivity index (χ0n) is 8.51. The predicted molar refractivity (Wildman–Crippen MR) is 52.5 cm³/mol. The molecule has 1 saturated carbocycles. The molecule has 1 heterocycles. The Morgan fingerprint density at radius 2 is 1.77 bits per heavy atom. The van der Waals surface area contributed by atoms with Crippen molar-refractivity contribution >= 4 is 0 Å². The third-order valence-corrected chi connectivity index (χ3v) is 3.71. The van der Waals surface area contributed by atoms with Gasteiger partial charge in [0, 0.05) is 25.0 Å². The summed E-state index contributed by atoms with van der Waals surface area (Å²) >= 11 is 0. The van der Waals surface area contributed by atoms with Gasteiger partial charge in [-0.25, -0.2) is 0 Å². The van der Waals surface area contributed by atoms with Gasteiger partial charge in [-0.1, -0.05) is 6.92 Å². The Hall–Kier alpha value is -0.110. The highest BCUT2D eigenvalue weighted by Gasteiger charge is 2.33. The molecular formula is C11H20FN. The van der Waals surface area contributed by atoms with Crippen molar-refractivity contribution < 1.29 is 4.39 Å². The second-order valence-electron chi connectivity index (χ2n) is 4.89. The topological polar surface area (TPSA) is 3.24 Å². The summed E-state index contributed by atoms with van der Waals surface area (Å²) in [5.41, 5.74) is 0. The molecule has 0 unspecified atom stereocenters. The van der Waals surface area contributed by atoms with Crippen LogP contribution in [-0.2, 0) is 0 Å². The molecule has 13 heavy (non-hydrogen) atoms. The van der Waals surface area contributed by atoms with Crippen molar-refractivity contribution in [1.29, 1.82) is 0 Å². The van der Waals surface area contributed by atoms with E-state index in [2.05, 4.69) is 11.8 Å². The zero-order chi connectivity index (χ0) is 9.26. The van der Waals surface area contributed by atoms with Crippen molar-refractivity contribution in [2.24, 2.45) is 11.8 Å². The summed E-state index contributed by atoms with van der Waals surface area (Å²) in [7, 11) is 0. The van der Waals surface area contributed by atoms with Crippen LogP contribution in [0.25, 0.3) is 0 Å². The van der Waals surface area contributed by atoms with Crippen LogP contribution in [0.3, 0.4) is 0 Å². The molecular weight excluding hydrogens is 165 g/mol. The quantitative estimate of drug-likeness (QED) is 0.639. The van der Waals surface area contributed by atoms with Gasteiger partial charge in [0.05, 0.1) is 6.67 Å². The highest BCUT2D eigenvalue weighted by Crippen LogP contribution is 2.31. The van der Waals surface area contributed by atoms with Crippen LogP contribution in [0.2, 0.25) is 0 Å². The molecule has 0 aromatic rings. The van der Waals surface area contributed by atoms with Crippen LogP contribution in [0.1, 0.15) is 32.6 Å². The number of hydrogen-bond acceptors (Lipinski definition) is 1. The first-order chi connectivity index (χ1) is 6.29. The second-order valence-corrected chi connectivity index (χ2v) is 4.89. The maximum absolute atomic E-state index is 12.2. The lowest BCUT2D eigenvalue weighted by Crippen LogP contribution is -2.53. The fourth-order valence-corrected chi connectivity index (χ4v) is 2.61. The van der Waals surface area contributed by atoms with Gasteiger partial charge in [-0.05, 0) is 31.6 Å². The van der Waals surface area contributed by atoms with E-state index in [9.17, 15) is 4.39 Å². The van der Waals surface area contributed by atoms with Gasteiger partial charge >= 0.3 is 0 Å². The molecule has 1 aliphatic heterocycles. The molecule has 0 radical (unpaired) electrons. The number of hydrogen-bond donors (Lipinski definition) is 0. The van der Waals surface area contributed by atoms with Gasteiger partial charge in [0.1, 0.15) is 0 Å². The predicted octanol–water partition coefficient (Wildman–Crippen LogP) is 2.47. The summed E-state index contributed by atoms with van der Waals surface area (Å²) in [4.78, 5) is 2.48. The molecule has 2 fully saturated rings. The fourth-order valence-electron chi connectivity index (χ4n) is 2.61. The second kappa shape index (κ2) is 3.95. The van der Waals surface area contributed by atoms with Gasteiger partial charge in [-0.3, -0.25) is 9.29 Å². The minimum Gasteiger partial charge on any atom is -0.300 e. The number of rotatable bonds is 2. The molecule has 76 valence electrons. The molecule has 0 spiro atoms. The van der Waals surface area contributed by atoms with Gasteiger partial charge < -0.3 is 0 Å². The van der Waals surface area contributed by atoms with Gasteiger partial charge in [0.25, 0.3) is 0 Å². The van der Waals surface area contributed by atoms with Crippen molar-refractivity contribution in [3.05, 3.63) is 0 Å². The molecule has 1 saturated heterocycles. The average Bonchev–Trinajstić information content (AvgIpc) is 2.06. The molecule has 1 nitrogen and oxygen atoms in total. The monoisotopic (exact) mass is 185 g/mol. The van der Waals surface area contributed by atoms with E-state index in [-0.39, 0.29) is 6.67 Å². The maximum Gasteiger partial charge on any atom is 0.0947 e. The Kier molecular flexibility index (Phi) is 2.87. The number of likely N-dealkylation sites (tertiary alicyclic amines) is 1. The number of alkyl halides is 1. The largest absolute Gasteiger partial charge is 0.300 e. The molecule has 0 aromatic heterocycles. The summed E-state index contributed by atoms with van der Waals surface area (Å²) in [5.74, 6) is 1.29. The average molecular weight is 185 g/mol. The summed E-state index contributed by atoms with van der Waals surface area (Å²) in [6, 6.07) is 0.791. The molecule has 0 aromatic carbocycles. The summed E-state index contributed by atoms with van der Waals surface area (Å²) in [5, 5.41) is 0. The lowest BCUT2D eigenvalue weighted by Gasteiger charge is -2.45. The van der Waals surface area contributed by atoms with E-state index in [1.165, 1.54) is 25.7 Å². The van der Waals surface area contributed by atoms with E-state index < -0.39 is 0 Å². The number of halogens is 1. The normalized spacial score (nSPS) is 37.4. The van der Waals surface area contributed by atoms with Crippen LogP contribution in [0.5, 0.6) is 0 Å². The zero-order valence-corrected chi connectivity index (χ0v) is 8.51. The van der Waals surface area contributed by atoms with Crippen LogP contribution in [0.4, 0.5) is 4.39 Å². The van der Waals surface area contributed by atoms with Gasteiger partial charge in [-0.15, -0.1) is 0 Å². The van der Waals surface area contributed by atoms with Gasteiger partial charge in [-0.2, -0.15) is 0 Å². The molecule has 0 atom stereocenters.